The first-order valence-electron chi connectivity index (χ1n) is 11.2. The van der Waals surface area contributed by atoms with Crippen molar-refractivity contribution in [2.75, 3.05) is 0 Å². The summed E-state index contributed by atoms with van der Waals surface area (Å²) in [7, 11) is 0. The van der Waals surface area contributed by atoms with E-state index in [4.69, 9.17) is 0 Å². The summed E-state index contributed by atoms with van der Waals surface area (Å²) in [5.41, 5.74) is 4.19. The van der Waals surface area contributed by atoms with Crippen LogP contribution < -0.4 is 5.32 Å². The second-order valence-corrected chi connectivity index (χ2v) is 8.66. The number of pyridine rings is 1. The van der Waals surface area contributed by atoms with Gasteiger partial charge in [-0.25, -0.2) is 4.79 Å². The fourth-order valence-electron chi connectivity index (χ4n) is 4.90. The number of fused-ring (bicyclic) bond motifs is 1. The Morgan fingerprint density at radius 2 is 1.88 bits per heavy atom. The summed E-state index contributed by atoms with van der Waals surface area (Å²) in [6.07, 6.45) is 8.94. The number of carboxylic acid groups (broad SMARTS) is 1. The summed E-state index contributed by atoms with van der Waals surface area (Å²) >= 11 is 0. The lowest BCUT2D eigenvalue weighted by atomic mass is 9.97. The van der Waals surface area contributed by atoms with Gasteiger partial charge in [0.2, 0.25) is 0 Å². The van der Waals surface area contributed by atoms with Crippen LogP contribution >= 0.6 is 0 Å². The normalized spacial score (nSPS) is 19.7. The van der Waals surface area contributed by atoms with Crippen molar-refractivity contribution in [3.8, 4) is 0 Å². The Balaban J connectivity index is 1.32. The molecular formula is C27H27N3O2. The maximum Gasteiger partial charge on any atom is 0.405 e. The van der Waals surface area contributed by atoms with Gasteiger partial charge in [0.25, 0.3) is 0 Å². The van der Waals surface area contributed by atoms with E-state index in [1.54, 1.807) is 0 Å². The van der Waals surface area contributed by atoms with Crippen LogP contribution in [0.5, 0.6) is 0 Å². The standard InChI is InChI=1S/C27H27N3O2/c31-26(32)29-27(19-24(27)21-7-2-1-3-8-21)23-9-10-25-22(18-23)13-17-30(25)16-5-4-6-20-11-14-28-15-12-20/h1-3,7-15,17-18,24,29H,4-6,16,19H2,(H,31,32). The van der Waals surface area contributed by atoms with Gasteiger partial charge in [-0.15, -0.1) is 0 Å². The number of benzene rings is 2. The van der Waals surface area contributed by atoms with E-state index in [1.807, 2.05) is 30.6 Å². The Morgan fingerprint density at radius 3 is 2.66 bits per heavy atom. The minimum Gasteiger partial charge on any atom is -0.465 e. The number of rotatable bonds is 8. The molecule has 0 aliphatic heterocycles. The van der Waals surface area contributed by atoms with Gasteiger partial charge in [-0.05, 0) is 78.1 Å². The zero-order valence-electron chi connectivity index (χ0n) is 17.9. The molecule has 5 heteroatoms. The van der Waals surface area contributed by atoms with Gasteiger partial charge in [0, 0.05) is 36.6 Å². The average Bonchev–Trinajstić information content (AvgIpc) is 3.40. The Bertz CT molecular complexity index is 1220. The number of carbonyl (C=O) groups is 1. The van der Waals surface area contributed by atoms with E-state index in [1.165, 1.54) is 16.6 Å². The summed E-state index contributed by atoms with van der Waals surface area (Å²) in [5.74, 6) is 0.160. The van der Waals surface area contributed by atoms with Crippen molar-refractivity contribution >= 4 is 17.0 Å². The monoisotopic (exact) mass is 425 g/mol. The van der Waals surface area contributed by atoms with Crippen LogP contribution in [0.3, 0.4) is 0 Å². The number of aromatic nitrogens is 2. The van der Waals surface area contributed by atoms with Gasteiger partial charge >= 0.3 is 6.09 Å². The number of nitrogens with one attached hydrogen (secondary N) is 1. The van der Waals surface area contributed by atoms with Gasteiger partial charge < -0.3 is 15.0 Å². The molecule has 162 valence electrons. The molecule has 0 bridgehead atoms. The lowest BCUT2D eigenvalue weighted by Crippen LogP contribution is -2.35. The van der Waals surface area contributed by atoms with Gasteiger partial charge in [-0.3, -0.25) is 4.98 Å². The second kappa shape index (κ2) is 8.50. The van der Waals surface area contributed by atoms with Crippen LogP contribution in [0.1, 0.15) is 41.9 Å². The van der Waals surface area contributed by atoms with Gasteiger partial charge in [0.1, 0.15) is 0 Å². The van der Waals surface area contributed by atoms with Crippen molar-refractivity contribution in [1.82, 2.24) is 14.9 Å². The summed E-state index contributed by atoms with van der Waals surface area (Å²) in [4.78, 5) is 15.7. The minimum absolute atomic E-state index is 0.160. The van der Waals surface area contributed by atoms with Crippen molar-refractivity contribution in [3.63, 3.8) is 0 Å². The van der Waals surface area contributed by atoms with Crippen LogP contribution in [-0.4, -0.2) is 20.8 Å². The van der Waals surface area contributed by atoms with Crippen LogP contribution in [0.2, 0.25) is 0 Å². The highest BCUT2D eigenvalue weighted by atomic mass is 16.4. The number of aryl methyl sites for hydroxylation is 2. The molecule has 2 N–H and O–H groups in total. The molecular weight excluding hydrogens is 398 g/mol. The molecule has 1 saturated carbocycles. The van der Waals surface area contributed by atoms with E-state index in [-0.39, 0.29) is 5.92 Å². The van der Waals surface area contributed by atoms with E-state index >= 15 is 0 Å². The van der Waals surface area contributed by atoms with E-state index in [0.29, 0.717) is 0 Å². The molecule has 2 aromatic carbocycles. The third kappa shape index (κ3) is 3.98. The molecule has 2 atom stereocenters. The molecule has 5 nitrogen and oxygen atoms in total. The first kappa shape index (κ1) is 20.3. The van der Waals surface area contributed by atoms with Crippen molar-refractivity contribution in [1.29, 1.82) is 0 Å². The van der Waals surface area contributed by atoms with E-state index in [9.17, 15) is 9.90 Å². The lowest BCUT2D eigenvalue weighted by molar-refractivity contribution is 0.188. The Labute approximate surface area is 187 Å². The van der Waals surface area contributed by atoms with Crippen molar-refractivity contribution < 1.29 is 9.90 Å². The predicted octanol–water partition coefficient (Wildman–Crippen LogP) is 5.71. The molecule has 1 aliphatic rings. The minimum atomic E-state index is -0.977. The average molecular weight is 426 g/mol. The highest BCUT2D eigenvalue weighted by Crippen LogP contribution is 2.58. The van der Waals surface area contributed by atoms with Crippen molar-refractivity contribution in [2.45, 2.75) is 43.7 Å². The highest BCUT2D eigenvalue weighted by Gasteiger charge is 2.57. The zero-order valence-corrected chi connectivity index (χ0v) is 17.9. The first-order chi connectivity index (χ1) is 15.7. The van der Waals surface area contributed by atoms with Gasteiger partial charge in [0.05, 0.1) is 5.54 Å². The molecule has 0 radical (unpaired) electrons. The number of unbranched alkanes of at least 4 members (excludes halogenated alkanes) is 1. The van der Waals surface area contributed by atoms with Crippen molar-refractivity contribution in [3.05, 3.63) is 102 Å². The first-order valence-corrected chi connectivity index (χ1v) is 11.2. The Kier molecular flexibility index (Phi) is 5.39. The van der Waals surface area contributed by atoms with E-state index in [0.717, 1.165) is 43.2 Å². The molecule has 0 spiro atoms. The van der Waals surface area contributed by atoms with Crippen LogP contribution in [0, 0.1) is 0 Å². The van der Waals surface area contributed by atoms with E-state index < -0.39 is 11.6 Å². The number of hydrogen-bond acceptors (Lipinski definition) is 2. The molecule has 1 fully saturated rings. The topological polar surface area (TPSA) is 67.2 Å². The smallest absolute Gasteiger partial charge is 0.405 e. The molecule has 2 heterocycles. The molecule has 2 unspecified atom stereocenters. The largest absolute Gasteiger partial charge is 0.465 e. The van der Waals surface area contributed by atoms with Crippen LogP contribution in [-0.2, 0) is 18.5 Å². The third-order valence-corrected chi connectivity index (χ3v) is 6.64. The molecule has 5 rings (SSSR count). The summed E-state index contributed by atoms with van der Waals surface area (Å²) < 4.78 is 2.30. The Hall–Kier alpha value is -3.60. The molecule has 32 heavy (non-hydrogen) atoms. The fourth-order valence-corrected chi connectivity index (χ4v) is 4.90. The molecule has 2 aromatic heterocycles. The lowest BCUT2D eigenvalue weighted by Gasteiger charge is -2.19. The summed E-state index contributed by atoms with van der Waals surface area (Å²) in [6.45, 7) is 0.971. The van der Waals surface area contributed by atoms with Gasteiger partial charge in [-0.1, -0.05) is 36.4 Å². The summed E-state index contributed by atoms with van der Waals surface area (Å²) in [6, 6.07) is 22.8. The van der Waals surface area contributed by atoms with Crippen molar-refractivity contribution in [2.24, 2.45) is 0 Å². The second-order valence-electron chi connectivity index (χ2n) is 8.66. The quantitative estimate of drug-likeness (QED) is 0.355. The van der Waals surface area contributed by atoms with E-state index in [2.05, 4.69) is 69.6 Å². The molecule has 0 saturated heterocycles. The Morgan fingerprint density at radius 1 is 1.06 bits per heavy atom. The molecule has 4 aromatic rings. The van der Waals surface area contributed by atoms with Gasteiger partial charge in [-0.2, -0.15) is 0 Å². The molecule has 1 amide bonds. The summed E-state index contributed by atoms with van der Waals surface area (Å²) in [5, 5.41) is 13.5. The van der Waals surface area contributed by atoms with Crippen LogP contribution in [0.4, 0.5) is 4.79 Å². The number of amides is 1. The fraction of sp³-hybridized carbons (Fsp3) is 0.259. The number of nitrogens with zero attached hydrogens (tertiary/aromatic N) is 2. The third-order valence-electron chi connectivity index (χ3n) is 6.64. The highest BCUT2D eigenvalue weighted by molar-refractivity contribution is 5.82. The maximum absolute atomic E-state index is 11.6. The van der Waals surface area contributed by atoms with Gasteiger partial charge in [0.15, 0.2) is 0 Å². The number of hydrogen-bond donors (Lipinski definition) is 2. The predicted molar refractivity (Wildman–Crippen MR) is 126 cm³/mol. The zero-order chi connectivity index (χ0) is 22.0. The maximum atomic E-state index is 11.6. The molecule has 1 aliphatic carbocycles. The van der Waals surface area contributed by atoms with Crippen LogP contribution in [0.25, 0.3) is 10.9 Å². The SMILES string of the molecule is O=C(O)NC1(c2ccc3c(ccn3CCCCc3ccncc3)c2)CC1c1ccccc1. The van der Waals surface area contributed by atoms with Crippen LogP contribution in [0.15, 0.2) is 85.3 Å².